The molecule has 0 aliphatic heterocycles. The maximum Gasteiger partial charge on any atom is 0.307 e. The van der Waals surface area contributed by atoms with Crippen LogP contribution in [0, 0.1) is 0 Å². The molecule has 0 aromatic heterocycles. The molecule has 0 heterocycles. The predicted molar refractivity (Wildman–Crippen MR) is 63.3 cm³/mol. The van der Waals surface area contributed by atoms with Gasteiger partial charge in [-0.3, -0.25) is 4.79 Å². The Labute approximate surface area is 97.8 Å². The molecule has 96 valence electrons. The number of likely N-dealkylation sites (N-methyl/N-ethyl adjacent to an activating group) is 1. The molecule has 0 aliphatic carbocycles. The lowest BCUT2D eigenvalue weighted by Gasteiger charge is -2.28. The summed E-state index contributed by atoms with van der Waals surface area (Å²) in [5, 5.41) is 13.1. The van der Waals surface area contributed by atoms with Crippen LogP contribution in [-0.2, 0) is 9.53 Å². The van der Waals surface area contributed by atoms with E-state index in [2.05, 4.69) is 10.1 Å². The summed E-state index contributed by atoms with van der Waals surface area (Å²) < 4.78 is 4.57. The van der Waals surface area contributed by atoms with Gasteiger partial charge in [0.05, 0.1) is 19.1 Å². The molecule has 16 heavy (non-hydrogen) atoms. The first kappa shape index (κ1) is 15.3. The summed E-state index contributed by atoms with van der Waals surface area (Å²) in [6, 6.07) is 0.00101. The average Bonchev–Trinajstić information content (AvgIpc) is 2.13. The van der Waals surface area contributed by atoms with Crippen molar-refractivity contribution in [2.24, 2.45) is 0 Å². The van der Waals surface area contributed by atoms with Crippen molar-refractivity contribution in [2.45, 2.75) is 31.9 Å². The van der Waals surface area contributed by atoms with E-state index in [1.54, 1.807) is 6.92 Å². The van der Waals surface area contributed by atoms with Crippen molar-refractivity contribution >= 4 is 5.97 Å². The largest absolute Gasteiger partial charge is 0.469 e. The van der Waals surface area contributed by atoms with Crippen molar-refractivity contribution in [3.63, 3.8) is 0 Å². The normalized spacial score (nSPS) is 16.9. The summed E-state index contributed by atoms with van der Waals surface area (Å²) in [7, 11) is 5.19. The number of rotatable bonds is 7. The van der Waals surface area contributed by atoms with Crippen molar-refractivity contribution in [1.29, 1.82) is 0 Å². The third-order valence-corrected chi connectivity index (χ3v) is 2.19. The van der Waals surface area contributed by atoms with Gasteiger partial charge in [0.2, 0.25) is 0 Å². The topological polar surface area (TPSA) is 61.8 Å². The summed E-state index contributed by atoms with van der Waals surface area (Å²) in [5.74, 6) is -0.243. The molecule has 2 unspecified atom stereocenters. The third kappa shape index (κ3) is 7.62. The lowest BCUT2D eigenvalue weighted by Crippen LogP contribution is -2.48. The molecule has 2 atom stereocenters. The molecule has 0 aromatic carbocycles. The molecule has 2 N–H and O–H groups in total. The Bertz CT molecular complexity index is 217. The van der Waals surface area contributed by atoms with Crippen LogP contribution >= 0.6 is 0 Å². The van der Waals surface area contributed by atoms with E-state index in [-0.39, 0.29) is 12.0 Å². The summed E-state index contributed by atoms with van der Waals surface area (Å²) in [5.41, 5.74) is -0.798. The quantitative estimate of drug-likeness (QED) is 0.597. The van der Waals surface area contributed by atoms with Crippen LogP contribution in [0.4, 0.5) is 0 Å². The number of methoxy groups -OCH3 is 1. The highest BCUT2D eigenvalue weighted by molar-refractivity contribution is 5.69. The van der Waals surface area contributed by atoms with Crippen molar-refractivity contribution < 1.29 is 14.6 Å². The van der Waals surface area contributed by atoms with Gasteiger partial charge in [0, 0.05) is 19.1 Å². The van der Waals surface area contributed by atoms with Crippen LogP contribution in [0.3, 0.4) is 0 Å². The molecular weight excluding hydrogens is 208 g/mol. The van der Waals surface area contributed by atoms with Crippen LogP contribution in [0.1, 0.15) is 20.3 Å². The third-order valence-electron chi connectivity index (χ3n) is 2.19. The minimum atomic E-state index is -0.798. The standard InChI is InChI=1S/C11H24N2O3/c1-9(6-10(14)16-5)12-7-11(2,15)8-13(3)4/h9,12,15H,6-8H2,1-5H3. The van der Waals surface area contributed by atoms with E-state index >= 15 is 0 Å². The van der Waals surface area contributed by atoms with E-state index < -0.39 is 5.60 Å². The van der Waals surface area contributed by atoms with E-state index in [0.29, 0.717) is 19.5 Å². The number of esters is 1. The van der Waals surface area contributed by atoms with Crippen LogP contribution in [0.25, 0.3) is 0 Å². The maximum atomic E-state index is 11.0. The van der Waals surface area contributed by atoms with Gasteiger partial charge in [-0.25, -0.2) is 0 Å². The first-order chi connectivity index (χ1) is 7.26. The Morgan fingerprint density at radius 2 is 2.12 bits per heavy atom. The molecule has 0 saturated heterocycles. The zero-order valence-corrected chi connectivity index (χ0v) is 10.9. The van der Waals surface area contributed by atoms with E-state index in [9.17, 15) is 9.90 Å². The molecule has 0 spiro atoms. The number of aliphatic hydroxyl groups is 1. The molecule has 5 nitrogen and oxygen atoms in total. The minimum absolute atomic E-state index is 0.00101. The Kier molecular flexibility index (Phi) is 6.55. The molecule has 0 bridgehead atoms. The first-order valence-corrected chi connectivity index (χ1v) is 5.44. The molecule has 0 aromatic rings. The summed E-state index contributed by atoms with van der Waals surface area (Å²) in [6.07, 6.45) is 0.314. The van der Waals surface area contributed by atoms with E-state index in [1.165, 1.54) is 7.11 Å². The number of hydrogen-bond donors (Lipinski definition) is 2. The summed E-state index contributed by atoms with van der Waals surface area (Å²) in [6.45, 7) is 4.68. The molecule has 0 amide bonds. The van der Waals surface area contributed by atoms with Crippen molar-refractivity contribution in [1.82, 2.24) is 10.2 Å². The van der Waals surface area contributed by atoms with Crippen LogP contribution in [0.15, 0.2) is 0 Å². The highest BCUT2D eigenvalue weighted by Gasteiger charge is 2.22. The van der Waals surface area contributed by atoms with Gasteiger partial charge in [0.15, 0.2) is 0 Å². The van der Waals surface area contributed by atoms with Gasteiger partial charge >= 0.3 is 5.97 Å². The Balaban J connectivity index is 3.89. The number of hydrogen-bond acceptors (Lipinski definition) is 5. The van der Waals surface area contributed by atoms with Gasteiger partial charge in [0.25, 0.3) is 0 Å². The summed E-state index contributed by atoms with van der Waals surface area (Å²) >= 11 is 0. The van der Waals surface area contributed by atoms with Gasteiger partial charge < -0.3 is 20.1 Å². The van der Waals surface area contributed by atoms with E-state index in [0.717, 1.165) is 0 Å². The monoisotopic (exact) mass is 232 g/mol. The second-order valence-electron chi connectivity index (χ2n) is 4.80. The fraction of sp³-hybridized carbons (Fsp3) is 0.909. The highest BCUT2D eigenvalue weighted by atomic mass is 16.5. The van der Waals surface area contributed by atoms with Gasteiger partial charge in [-0.05, 0) is 27.9 Å². The van der Waals surface area contributed by atoms with Crippen molar-refractivity contribution in [3.05, 3.63) is 0 Å². The van der Waals surface area contributed by atoms with Gasteiger partial charge in [-0.2, -0.15) is 0 Å². The number of nitrogens with one attached hydrogen (secondary N) is 1. The first-order valence-electron chi connectivity index (χ1n) is 5.44. The maximum absolute atomic E-state index is 11.0. The fourth-order valence-electron chi connectivity index (χ4n) is 1.54. The molecular formula is C11H24N2O3. The van der Waals surface area contributed by atoms with Crippen molar-refractivity contribution in [3.8, 4) is 0 Å². The lowest BCUT2D eigenvalue weighted by atomic mass is 10.1. The zero-order valence-electron chi connectivity index (χ0n) is 10.9. The van der Waals surface area contributed by atoms with Crippen LogP contribution in [-0.4, -0.2) is 61.9 Å². The average molecular weight is 232 g/mol. The van der Waals surface area contributed by atoms with Gasteiger partial charge in [-0.15, -0.1) is 0 Å². The SMILES string of the molecule is COC(=O)CC(C)NCC(C)(O)CN(C)C. The highest BCUT2D eigenvalue weighted by Crippen LogP contribution is 2.04. The fourth-order valence-corrected chi connectivity index (χ4v) is 1.54. The van der Waals surface area contributed by atoms with Crippen LogP contribution in [0.2, 0.25) is 0 Å². The smallest absolute Gasteiger partial charge is 0.307 e. The number of nitrogens with zero attached hydrogens (tertiary/aromatic N) is 1. The Hall–Kier alpha value is -0.650. The molecule has 5 heteroatoms. The van der Waals surface area contributed by atoms with E-state index in [4.69, 9.17) is 0 Å². The summed E-state index contributed by atoms with van der Waals surface area (Å²) in [4.78, 5) is 12.9. The van der Waals surface area contributed by atoms with Crippen LogP contribution < -0.4 is 5.32 Å². The zero-order chi connectivity index (χ0) is 12.8. The second kappa shape index (κ2) is 6.83. The molecule has 0 rings (SSSR count). The van der Waals surface area contributed by atoms with Crippen molar-refractivity contribution in [2.75, 3.05) is 34.3 Å². The molecule has 0 aliphatic rings. The van der Waals surface area contributed by atoms with Crippen LogP contribution in [0.5, 0.6) is 0 Å². The van der Waals surface area contributed by atoms with E-state index in [1.807, 2.05) is 25.9 Å². The number of carbonyl (C=O) groups excluding carboxylic acids is 1. The lowest BCUT2D eigenvalue weighted by molar-refractivity contribution is -0.141. The number of ether oxygens (including phenoxy) is 1. The second-order valence-corrected chi connectivity index (χ2v) is 4.80. The Morgan fingerprint density at radius 3 is 2.56 bits per heavy atom. The predicted octanol–water partition coefficient (Wildman–Crippen LogP) is -0.160. The minimum Gasteiger partial charge on any atom is -0.469 e. The molecule has 0 saturated carbocycles. The Morgan fingerprint density at radius 1 is 1.56 bits per heavy atom. The molecule has 0 radical (unpaired) electrons. The van der Waals surface area contributed by atoms with Gasteiger partial charge in [-0.1, -0.05) is 0 Å². The van der Waals surface area contributed by atoms with Gasteiger partial charge in [0.1, 0.15) is 0 Å². The number of carbonyl (C=O) groups is 1. The molecule has 0 fully saturated rings.